The SMILES string of the molecule is COc1cc(C(=O)/C(=C/N(C)C)CC2CCCCC2)c(OC)cc1Cl. The summed E-state index contributed by atoms with van der Waals surface area (Å²) in [6.45, 7) is 0. The zero-order valence-corrected chi connectivity index (χ0v) is 16.4. The molecule has 1 fully saturated rings. The van der Waals surface area contributed by atoms with Gasteiger partial charge in [-0.2, -0.15) is 0 Å². The zero-order chi connectivity index (χ0) is 18.4. The molecule has 0 aromatic heterocycles. The Balaban J connectivity index is 2.35. The van der Waals surface area contributed by atoms with Gasteiger partial charge in [-0.15, -0.1) is 0 Å². The summed E-state index contributed by atoms with van der Waals surface area (Å²) in [7, 11) is 6.97. The molecule has 0 amide bonds. The number of carbonyl (C=O) groups is 1. The van der Waals surface area contributed by atoms with E-state index < -0.39 is 0 Å². The monoisotopic (exact) mass is 365 g/mol. The fourth-order valence-electron chi connectivity index (χ4n) is 3.43. The molecule has 25 heavy (non-hydrogen) atoms. The van der Waals surface area contributed by atoms with Gasteiger partial charge in [0.15, 0.2) is 5.78 Å². The van der Waals surface area contributed by atoms with Gasteiger partial charge in [-0.05, 0) is 18.4 Å². The highest BCUT2D eigenvalue weighted by molar-refractivity contribution is 6.32. The summed E-state index contributed by atoms with van der Waals surface area (Å²) in [5.74, 6) is 1.51. The summed E-state index contributed by atoms with van der Waals surface area (Å²) in [6.07, 6.45) is 8.93. The van der Waals surface area contributed by atoms with Crippen molar-refractivity contribution in [1.82, 2.24) is 4.90 Å². The van der Waals surface area contributed by atoms with Gasteiger partial charge in [-0.1, -0.05) is 43.7 Å². The number of Topliss-reactive ketones (excluding diaryl/α,β-unsaturated/α-hetero) is 1. The van der Waals surface area contributed by atoms with Gasteiger partial charge in [-0.25, -0.2) is 0 Å². The second-order valence-electron chi connectivity index (χ2n) is 6.84. The molecule has 0 spiro atoms. The molecule has 1 saturated carbocycles. The smallest absolute Gasteiger partial charge is 0.194 e. The number of nitrogens with zero attached hydrogens (tertiary/aromatic N) is 1. The Labute approximate surface area is 155 Å². The lowest BCUT2D eigenvalue weighted by atomic mass is 9.83. The van der Waals surface area contributed by atoms with E-state index in [1.807, 2.05) is 25.2 Å². The number of allylic oxidation sites excluding steroid dienone is 1. The van der Waals surface area contributed by atoms with Gasteiger partial charge in [0.2, 0.25) is 0 Å². The highest BCUT2D eigenvalue weighted by atomic mass is 35.5. The van der Waals surface area contributed by atoms with E-state index in [0.717, 1.165) is 12.0 Å². The molecule has 138 valence electrons. The standard InChI is InChI=1S/C20H28ClNO3/c1-22(2)13-15(10-14-8-6-5-7-9-14)20(23)16-11-19(25-4)17(21)12-18(16)24-3/h11-14H,5-10H2,1-4H3/b15-13+. The Bertz CT molecular complexity index is 634. The van der Waals surface area contributed by atoms with E-state index in [-0.39, 0.29) is 5.78 Å². The molecule has 0 bridgehead atoms. The van der Waals surface area contributed by atoms with Crippen molar-refractivity contribution in [3.8, 4) is 11.5 Å². The third-order valence-electron chi connectivity index (χ3n) is 4.66. The summed E-state index contributed by atoms with van der Waals surface area (Å²) >= 11 is 6.17. The number of rotatable bonds is 7. The van der Waals surface area contributed by atoms with Gasteiger partial charge in [0.1, 0.15) is 11.5 Å². The largest absolute Gasteiger partial charge is 0.496 e. The minimum Gasteiger partial charge on any atom is -0.496 e. The number of hydrogen-bond acceptors (Lipinski definition) is 4. The number of ketones is 1. The molecule has 0 saturated heterocycles. The van der Waals surface area contributed by atoms with Crippen LogP contribution in [0.3, 0.4) is 0 Å². The Morgan fingerprint density at radius 1 is 1.16 bits per heavy atom. The highest BCUT2D eigenvalue weighted by Crippen LogP contribution is 2.36. The van der Waals surface area contributed by atoms with Crippen LogP contribution < -0.4 is 9.47 Å². The average Bonchev–Trinajstić information content (AvgIpc) is 2.60. The zero-order valence-electron chi connectivity index (χ0n) is 15.6. The molecule has 0 radical (unpaired) electrons. The molecule has 1 aromatic carbocycles. The van der Waals surface area contributed by atoms with E-state index in [4.69, 9.17) is 21.1 Å². The van der Waals surface area contributed by atoms with Crippen molar-refractivity contribution in [2.24, 2.45) is 5.92 Å². The number of halogens is 1. The first-order valence-corrected chi connectivity index (χ1v) is 9.17. The normalized spacial score (nSPS) is 15.8. The van der Waals surface area contributed by atoms with Crippen molar-refractivity contribution in [1.29, 1.82) is 0 Å². The molecule has 4 nitrogen and oxygen atoms in total. The minimum atomic E-state index is -0.0221. The molecule has 0 aliphatic heterocycles. The highest BCUT2D eigenvalue weighted by Gasteiger charge is 2.23. The maximum Gasteiger partial charge on any atom is 0.194 e. The van der Waals surface area contributed by atoms with Crippen molar-refractivity contribution < 1.29 is 14.3 Å². The second-order valence-corrected chi connectivity index (χ2v) is 7.25. The lowest BCUT2D eigenvalue weighted by Gasteiger charge is -2.23. The molecule has 0 N–H and O–H groups in total. The summed E-state index contributed by atoms with van der Waals surface area (Å²) in [5.41, 5.74) is 1.30. The van der Waals surface area contributed by atoms with E-state index in [2.05, 4.69) is 0 Å². The van der Waals surface area contributed by atoms with E-state index >= 15 is 0 Å². The average molecular weight is 366 g/mol. The van der Waals surface area contributed by atoms with Crippen LogP contribution in [0.5, 0.6) is 11.5 Å². The fourth-order valence-corrected chi connectivity index (χ4v) is 3.66. The number of carbonyl (C=O) groups excluding carboxylic acids is 1. The first-order valence-electron chi connectivity index (χ1n) is 8.79. The molecule has 5 heteroatoms. The van der Waals surface area contributed by atoms with Crippen molar-refractivity contribution in [3.05, 3.63) is 34.5 Å². The number of ether oxygens (including phenoxy) is 2. The van der Waals surface area contributed by atoms with Gasteiger partial charge in [0.25, 0.3) is 0 Å². The van der Waals surface area contributed by atoms with Gasteiger partial charge in [-0.3, -0.25) is 4.79 Å². The van der Waals surface area contributed by atoms with Crippen molar-refractivity contribution >= 4 is 17.4 Å². The van der Waals surface area contributed by atoms with E-state index in [0.29, 0.717) is 28.0 Å². The van der Waals surface area contributed by atoms with Crippen molar-refractivity contribution in [2.75, 3.05) is 28.3 Å². The van der Waals surface area contributed by atoms with Gasteiger partial charge in [0, 0.05) is 31.9 Å². The Morgan fingerprint density at radius 3 is 2.36 bits per heavy atom. The van der Waals surface area contributed by atoms with Crippen molar-refractivity contribution in [3.63, 3.8) is 0 Å². The van der Waals surface area contributed by atoms with Crippen LogP contribution in [0.25, 0.3) is 0 Å². The maximum absolute atomic E-state index is 13.2. The molecule has 1 aromatic rings. The molecule has 2 rings (SSSR count). The maximum atomic E-state index is 13.2. The molecular formula is C20H28ClNO3. The fraction of sp³-hybridized carbons (Fsp3) is 0.550. The number of methoxy groups -OCH3 is 2. The Morgan fingerprint density at radius 2 is 1.80 bits per heavy atom. The molecule has 0 heterocycles. The summed E-state index contributed by atoms with van der Waals surface area (Å²) in [4.78, 5) is 15.2. The van der Waals surface area contributed by atoms with Crippen LogP contribution in [-0.4, -0.2) is 39.0 Å². The van der Waals surface area contributed by atoms with Gasteiger partial charge >= 0.3 is 0 Å². The third-order valence-corrected chi connectivity index (χ3v) is 4.95. The Hall–Kier alpha value is -1.68. The third kappa shape index (κ3) is 5.15. The van der Waals surface area contributed by atoms with Crippen LogP contribution in [0, 0.1) is 5.92 Å². The first kappa shape index (κ1) is 19.6. The topological polar surface area (TPSA) is 38.8 Å². The van der Waals surface area contributed by atoms with Crippen LogP contribution in [0.15, 0.2) is 23.9 Å². The first-order chi connectivity index (χ1) is 12.0. The van der Waals surface area contributed by atoms with E-state index in [1.54, 1.807) is 26.4 Å². The van der Waals surface area contributed by atoms with Crippen LogP contribution >= 0.6 is 11.6 Å². The van der Waals surface area contributed by atoms with Gasteiger partial charge < -0.3 is 14.4 Å². The lowest BCUT2D eigenvalue weighted by Crippen LogP contribution is -2.16. The Kier molecular flexibility index (Phi) is 7.18. The summed E-state index contributed by atoms with van der Waals surface area (Å²) in [5, 5.41) is 0.432. The second kappa shape index (κ2) is 9.14. The molecule has 0 atom stereocenters. The van der Waals surface area contributed by atoms with Crippen LogP contribution in [0.2, 0.25) is 5.02 Å². The molecule has 1 aliphatic rings. The summed E-state index contributed by atoms with van der Waals surface area (Å²) < 4.78 is 10.7. The van der Waals surface area contributed by atoms with Gasteiger partial charge in [0.05, 0.1) is 24.8 Å². The molecular weight excluding hydrogens is 338 g/mol. The lowest BCUT2D eigenvalue weighted by molar-refractivity contribution is 0.102. The van der Waals surface area contributed by atoms with Crippen LogP contribution in [0.4, 0.5) is 0 Å². The summed E-state index contributed by atoms with van der Waals surface area (Å²) in [6, 6.07) is 3.31. The molecule has 1 aliphatic carbocycles. The quantitative estimate of drug-likeness (QED) is 0.506. The number of benzene rings is 1. The predicted octanol–water partition coefficient (Wildman–Crippen LogP) is 4.96. The molecule has 0 unspecified atom stereocenters. The van der Waals surface area contributed by atoms with Crippen LogP contribution in [-0.2, 0) is 0 Å². The minimum absolute atomic E-state index is 0.0221. The van der Waals surface area contributed by atoms with Crippen LogP contribution in [0.1, 0.15) is 48.9 Å². The van der Waals surface area contributed by atoms with E-state index in [9.17, 15) is 4.79 Å². The predicted molar refractivity (Wildman–Crippen MR) is 102 cm³/mol. The number of hydrogen-bond donors (Lipinski definition) is 0. The van der Waals surface area contributed by atoms with E-state index in [1.165, 1.54) is 32.1 Å². The van der Waals surface area contributed by atoms with Crippen molar-refractivity contribution in [2.45, 2.75) is 38.5 Å².